The van der Waals surface area contributed by atoms with Crippen LogP contribution in [-0.4, -0.2) is 18.3 Å². The van der Waals surface area contributed by atoms with Crippen LogP contribution in [0.25, 0.3) is 0 Å². The minimum absolute atomic E-state index is 0.531. The average Bonchev–Trinajstić information content (AvgIpc) is 2.47. The summed E-state index contributed by atoms with van der Waals surface area (Å²) >= 11 is 3.47. The van der Waals surface area contributed by atoms with Gasteiger partial charge in [-0.1, -0.05) is 29.8 Å². The van der Waals surface area contributed by atoms with Crippen molar-refractivity contribution >= 4 is 15.9 Å². The summed E-state index contributed by atoms with van der Waals surface area (Å²) in [7, 11) is 0. The minimum Gasteiger partial charge on any atom is -0.486 e. The Bertz CT molecular complexity index is 622. The molecule has 20 heavy (non-hydrogen) atoms. The van der Waals surface area contributed by atoms with E-state index in [0.717, 1.165) is 15.6 Å². The number of hydrogen-bond donors (Lipinski definition) is 1. The normalized spacial score (nSPS) is 14.9. The maximum absolute atomic E-state index is 10.5. The van der Waals surface area contributed by atoms with E-state index in [9.17, 15) is 5.11 Å². The molecule has 2 aromatic rings. The molecule has 1 aliphatic heterocycles. The van der Waals surface area contributed by atoms with Crippen molar-refractivity contribution in [3.63, 3.8) is 0 Å². The van der Waals surface area contributed by atoms with Gasteiger partial charge in [-0.2, -0.15) is 0 Å². The van der Waals surface area contributed by atoms with E-state index < -0.39 is 6.10 Å². The summed E-state index contributed by atoms with van der Waals surface area (Å²) in [6.45, 7) is 3.10. The van der Waals surface area contributed by atoms with Gasteiger partial charge in [0.1, 0.15) is 19.3 Å². The number of fused-ring (bicyclic) bond motifs is 1. The second kappa shape index (κ2) is 5.46. The van der Waals surface area contributed by atoms with Gasteiger partial charge in [-0.05, 0) is 46.1 Å². The van der Waals surface area contributed by atoms with Crippen LogP contribution in [0.5, 0.6) is 11.5 Å². The fourth-order valence-corrected chi connectivity index (χ4v) is 2.80. The Balaban J connectivity index is 1.97. The van der Waals surface area contributed by atoms with Gasteiger partial charge < -0.3 is 14.6 Å². The Morgan fingerprint density at radius 1 is 1.05 bits per heavy atom. The van der Waals surface area contributed by atoms with Gasteiger partial charge in [-0.25, -0.2) is 0 Å². The Kier molecular flexibility index (Phi) is 3.68. The van der Waals surface area contributed by atoms with Crippen molar-refractivity contribution in [1.82, 2.24) is 0 Å². The molecular weight excluding hydrogens is 320 g/mol. The topological polar surface area (TPSA) is 38.7 Å². The van der Waals surface area contributed by atoms with Crippen LogP contribution < -0.4 is 9.47 Å². The van der Waals surface area contributed by atoms with Crippen LogP contribution in [0.3, 0.4) is 0 Å². The first-order valence-corrected chi connectivity index (χ1v) is 7.28. The van der Waals surface area contributed by atoms with Gasteiger partial charge in [0.15, 0.2) is 11.5 Å². The van der Waals surface area contributed by atoms with Crippen molar-refractivity contribution in [2.75, 3.05) is 13.2 Å². The standard InChI is InChI=1S/C16H15BrO3/c1-10-2-4-11(5-3-10)15(18)12-8-13(17)16-14(9-12)19-6-7-20-16/h2-5,8-9,15,18H,6-7H2,1H3. The van der Waals surface area contributed by atoms with Crippen LogP contribution >= 0.6 is 15.9 Å². The summed E-state index contributed by atoms with van der Waals surface area (Å²) in [6, 6.07) is 11.6. The van der Waals surface area contributed by atoms with Crippen molar-refractivity contribution in [3.05, 3.63) is 57.6 Å². The van der Waals surface area contributed by atoms with Gasteiger partial charge in [0.2, 0.25) is 0 Å². The molecule has 1 aliphatic rings. The van der Waals surface area contributed by atoms with Crippen LogP contribution in [0, 0.1) is 6.92 Å². The third-order valence-electron chi connectivity index (χ3n) is 3.33. The van der Waals surface area contributed by atoms with Crippen molar-refractivity contribution in [1.29, 1.82) is 0 Å². The molecule has 3 rings (SSSR count). The van der Waals surface area contributed by atoms with E-state index in [0.29, 0.717) is 24.7 Å². The average molecular weight is 335 g/mol. The third-order valence-corrected chi connectivity index (χ3v) is 3.92. The number of hydrogen-bond acceptors (Lipinski definition) is 3. The highest BCUT2D eigenvalue weighted by molar-refractivity contribution is 9.10. The van der Waals surface area contributed by atoms with Crippen molar-refractivity contribution < 1.29 is 14.6 Å². The third kappa shape index (κ3) is 2.53. The molecule has 0 amide bonds. The predicted molar refractivity (Wildman–Crippen MR) is 80.4 cm³/mol. The summed E-state index contributed by atoms with van der Waals surface area (Å²) < 4.78 is 11.9. The number of aliphatic hydroxyl groups is 1. The molecule has 0 saturated carbocycles. The Hall–Kier alpha value is -1.52. The van der Waals surface area contributed by atoms with Gasteiger partial charge in [0.25, 0.3) is 0 Å². The molecule has 0 bridgehead atoms. The van der Waals surface area contributed by atoms with Crippen LogP contribution in [-0.2, 0) is 0 Å². The Labute approximate surface area is 126 Å². The molecule has 0 radical (unpaired) electrons. The first-order valence-electron chi connectivity index (χ1n) is 6.49. The molecule has 0 aliphatic carbocycles. The van der Waals surface area contributed by atoms with Crippen molar-refractivity contribution in [3.8, 4) is 11.5 Å². The van der Waals surface area contributed by atoms with Gasteiger partial charge in [-0.3, -0.25) is 0 Å². The zero-order valence-electron chi connectivity index (χ0n) is 11.1. The van der Waals surface area contributed by atoms with Crippen LogP contribution in [0.15, 0.2) is 40.9 Å². The lowest BCUT2D eigenvalue weighted by atomic mass is 10.00. The molecule has 0 saturated heterocycles. The fraction of sp³-hybridized carbons (Fsp3) is 0.250. The summed E-state index contributed by atoms with van der Waals surface area (Å²) in [6.07, 6.45) is -0.678. The van der Waals surface area contributed by atoms with Gasteiger partial charge in [0, 0.05) is 0 Å². The maximum Gasteiger partial charge on any atom is 0.175 e. The number of halogens is 1. The molecular formula is C16H15BrO3. The second-order valence-corrected chi connectivity index (χ2v) is 5.69. The SMILES string of the molecule is Cc1ccc(C(O)c2cc(Br)c3c(c2)OCCO3)cc1. The number of aryl methyl sites for hydroxylation is 1. The molecule has 4 heteroatoms. The highest BCUT2D eigenvalue weighted by Crippen LogP contribution is 2.40. The first-order chi connectivity index (χ1) is 9.65. The van der Waals surface area contributed by atoms with E-state index in [-0.39, 0.29) is 0 Å². The molecule has 3 nitrogen and oxygen atoms in total. The lowest BCUT2D eigenvalue weighted by Gasteiger charge is -2.22. The largest absolute Gasteiger partial charge is 0.486 e. The zero-order valence-corrected chi connectivity index (χ0v) is 12.7. The van der Waals surface area contributed by atoms with E-state index in [2.05, 4.69) is 15.9 Å². The fourth-order valence-electron chi connectivity index (χ4n) is 2.23. The maximum atomic E-state index is 10.5. The number of aliphatic hydroxyl groups excluding tert-OH is 1. The van der Waals surface area contributed by atoms with Gasteiger partial charge >= 0.3 is 0 Å². The van der Waals surface area contributed by atoms with E-state index in [4.69, 9.17) is 9.47 Å². The van der Waals surface area contributed by atoms with E-state index >= 15 is 0 Å². The number of ether oxygens (including phenoxy) is 2. The highest BCUT2D eigenvalue weighted by atomic mass is 79.9. The number of rotatable bonds is 2. The van der Waals surface area contributed by atoms with Crippen LogP contribution in [0.2, 0.25) is 0 Å². The smallest absolute Gasteiger partial charge is 0.175 e. The van der Waals surface area contributed by atoms with Crippen LogP contribution in [0.4, 0.5) is 0 Å². The molecule has 1 heterocycles. The molecule has 1 unspecified atom stereocenters. The lowest BCUT2D eigenvalue weighted by molar-refractivity contribution is 0.168. The molecule has 0 spiro atoms. The number of benzene rings is 2. The van der Waals surface area contributed by atoms with Crippen molar-refractivity contribution in [2.45, 2.75) is 13.0 Å². The molecule has 1 atom stereocenters. The zero-order chi connectivity index (χ0) is 14.1. The molecule has 1 N–H and O–H groups in total. The molecule has 104 valence electrons. The quantitative estimate of drug-likeness (QED) is 0.911. The minimum atomic E-state index is -0.678. The monoisotopic (exact) mass is 334 g/mol. The molecule has 2 aromatic carbocycles. The van der Waals surface area contributed by atoms with Crippen LogP contribution in [0.1, 0.15) is 22.8 Å². The second-order valence-electron chi connectivity index (χ2n) is 4.84. The Morgan fingerprint density at radius 2 is 1.75 bits per heavy atom. The van der Waals surface area contributed by atoms with E-state index in [1.54, 1.807) is 0 Å². The van der Waals surface area contributed by atoms with Gasteiger partial charge in [0.05, 0.1) is 4.47 Å². The van der Waals surface area contributed by atoms with E-state index in [1.807, 2.05) is 43.3 Å². The van der Waals surface area contributed by atoms with Gasteiger partial charge in [-0.15, -0.1) is 0 Å². The van der Waals surface area contributed by atoms with E-state index in [1.165, 1.54) is 5.56 Å². The molecule has 0 aromatic heterocycles. The lowest BCUT2D eigenvalue weighted by Crippen LogP contribution is -2.16. The first kappa shape index (κ1) is 13.5. The molecule has 0 fully saturated rings. The summed E-state index contributed by atoms with van der Waals surface area (Å²) in [4.78, 5) is 0. The highest BCUT2D eigenvalue weighted by Gasteiger charge is 2.20. The summed E-state index contributed by atoms with van der Waals surface area (Å²) in [5.41, 5.74) is 2.81. The Morgan fingerprint density at radius 3 is 2.50 bits per heavy atom. The summed E-state index contributed by atoms with van der Waals surface area (Å²) in [5.74, 6) is 1.38. The van der Waals surface area contributed by atoms with Crippen molar-refractivity contribution in [2.24, 2.45) is 0 Å². The predicted octanol–water partition coefficient (Wildman–Crippen LogP) is 3.61. The summed E-state index contributed by atoms with van der Waals surface area (Å²) in [5, 5.41) is 10.5.